The van der Waals surface area contributed by atoms with Crippen LogP contribution < -0.4 is 11.1 Å². The molecule has 0 heterocycles. The zero-order valence-electron chi connectivity index (χ0n) is 10.9. The molecule has 0 saturated carbocycles. The van der Waals surface area contributed by atoms with Crippen molar-refractivity contribution in [3.05, 3.63) is 65.2 Å². The maximum Gasteiger partial charge on any atom is 0.244 e. The van der Waals surface area contributed by atoms with E-state index in [2.05, 4.69) is 5.32 Å². The van der Waals surface area contributed by atoms with Crippen LogP contribution >= 0.6 is 0 Å². The Labute approximate surface area is 115 Å². The van der Waals surface area contributed by atoms with Gasteiger partial charge in [0.05, 0.1) is 0 Å². The fraction of sp³-hybridized carbons (Fsp3) is 0.133. The molecule has 2 aromatic carbocycles. The predicted molar refractivity (Wildman–Crippen MR) is 73.1 cm³/mol. The van der Waals surface area contributed by atoms with Crippen molar-refractivity contribution in [1.82, 2.24) is 0 Å². The smallest absolute Gasteiger partial charge is 0.244 e. The molecule has 0 fully saturated rings. The van der Waals surface area contributed by atoms with E-state index in [1.165, 1.54) is 36.4 Å². The molecule has 5 heteroatoms. The summed E-state index contributed by atoms with van der Waals surface area (Å²) < 4.78 is 26.2. The summed E-state index contributed by atoms with van der Waals surface area (Å²) in [7, 11) is 0. The number of benzene rings is 2. The number of hydrogen-bond acceptors (Lipinski definition) is 2. The number of carbonyl (C=O) groups is 1. The third-order valence-electron chi connectivity index (χ3n) is 2.84. The van der Waals surface area contributed by atoms with Gasteiger partial charge in [-0.15, -0.1) is 0 Å². The highest BCUT2D eigenvalue weighted by Crippen LogP contribution is 2.21. The molecule has 2 rings (SSSR count). The number of aryl methyl sites for hydroxylation is 1. The predicted octanol–water partition coefficient (Wildman–Crippen LogP) is 2.91. The molecule has 0 radical (unpaired) electrons. The molecule has 0 spiro atoms. The Bertz CT molecular complexity index is 606. The highest BCUT2D eigenvalue weighted by Gasteiger charge is 2.18. The van der Waals surface area contributed by atoms with E-state index >= 15 is 0 Å². The zero-order valence-corrected chi connectivity index (χ0v) is 10.9. The van der Waals surface area contributed by atoms with E-state index in [0.717, 1.165) is 5.56 Å². The molecule has 0 aliphatic carbocycles. The molecule has 2 aromatic rings. The SMILES string of the molecule is Cc1cc(F)cc(NC(C(N)=O)c2ccc(F)cc2)c1. The van der Waals surface area contributed by atoms with Gasteiger partial charge >= 0.3 is 0 Å². The second-order valence-corrected chi connectivity index (χ2v) is 4.55. The monoisotopic (exact) mass is 276 g/mol. The highest BCUT2D eigenvalue weighted by molar-refractivity contribution is 5.84. The van der Waals surface area contributed by atoms with Crippen molar-refractivity contribution in [2.24, 2.45) is 5.73 Å². The lowest BCUT2D eigenvalue weighted by Gasteiger charge is -2.17. The Morgan fingerprint density at radius 2 is 1.75 bits per heavy atom. The van der Waals surface area contributed by atoms with Crippen molar-refractivity contribution < 1.29 is 13.6 Å². The lowest BCUT2D eigenvalue weighted by atomic mass is 10.1. The summed E-state index contributed by atoms with van der Waals surface area (Å²) in [6.07, 6.45) is 0. The Morgan fingerprint density at radius 3 is 2.30 bits per heavy atom. The van der Waals surface area contributed by atoms with Gasteiger partial charge in [0.15, 0.2) is 0 Å². The van der Waals surface area contributed by atoms with Gasteiger partial charge in [-0.25, -0.2) is 8.78 Å². The molecule has 0 aromatic heterocycles. The average Bonchev–Trinajstić information content (AvgIpc) is 2.36. The van der Waals surface area contributed by atoms with Crippen molar-refractivity contribution in [2.75, 3.05) is 5.32 Å². The van der Waals surface area contributed by atoms with Gasteiger partial charge in [0.1, 0.15) is 17.7 Å². The normalized spacial score (nSPS) is 11.9. The first-order valence-electron chi connectivity index (χ1n) is 6.04. The van der Waals surface area contributed by atoms with Crippen LogP contribution in [0.25, 0.3) is 0 Å². The molecule has 1 unspecified atom stereocenters. The summed E-state index contributed by atoms with van der Waals surface area (Å²) in [5.74, 6) is -1.44. The summed E-state index contributed by atoms with van der Waals surface area (Å²) in [5.41, 5.74) is 7.01. The Hall–Kier alpha value is -2.43. The van der Waals surface area contributed by atoms with E-state index in [9.17, 15) is 13.6 Å². The number of rotatable bonds is 4. The number of primary amides is 1. The maximum atomic E-state index is 13.3. The second kappa shape index (κ2) is 5.69. The number of hydrogen-bond donors (Lipinski definition) is 2. The van der Waals surface area contributed by atoms with Gasteiger partial charge in [0.25, 0.3) is 0 Å². The van der Waals surface area contributed by atoms with Crippen molar-refractivity contribution in [1.29, 1.82) is 0 Å². The van der Waals surface area contributed by atoms with Crippen LogP contribution in [0, 0.1) is 18.6 Å². The van der Waals surface area contributed by atoms with Crippen LogP contribution in [0.15, 0.2) is 42.5 Å². The Kier molecular flexibility index (Phi) is 3.98. The summed E-state index contributed by atoms with van der Waals surface area (Å²) in [6.45, 7) is 1.74. The highest BCUT2D eigenvalue weighted by atomic mass is 19.1. The maximum absolute atomic E-state index is 13.3. The first-order valence-corrected chi connectivity index (χ1v) is 6.04. The first-order chi connectivity index (χ1) is 9.45. The van der Waals surface area contributed by atoms with Crippen LogP contribution in [-0.4, -0.2) is 5.91 Å². The summed E-state index contributed by atoms with van der Waals surface area (Å²) in [6, 6.07) is 8.90. The van der Waals surface area contributed by atoms with Gasteiger partial charge in [0, 0.05) is 5.69 Å². The average molecular weight is 276 g/mol. The molecule has 20 heavy (non-hydrogen) atoms. The van der Waals surface area contributed by atoms with Crippen LogP contribution in [0.5, 0.6) is 0 Å². The van der Waals surface area contributed by atoms with E-state index < -0.39 is 23.6 Å². The van der Waals surface area contributed by atoms with Crippen molar-refractivity contribution >= 4 is 11.6 Å². The largest absolute Gasteiger partial charge is 0.370 e. The molecule has 0 aliphatic heterocycles. The quantitative estimate of drug-likeness (QED) is 0.902. The van der Waals surface area contributed by atoms with Gasteiger partial charge in [-0.2, -0.15) is 0 Å². The van der Waals surface area contributed by atoms with Crippen LogP contribution in [-0.2, 0) is 4.79 Å². The van der Waals surface area contributed by atoms with Gasteiger partial charge in [0.2, 0.25) is 5.91 Å². The number of halogens is 2. The summed E-state index contributed by atoms with van der Waals surface area (Å²) >= 11 is 0. The minimum Gasteiger partial charge on any atom is -0.370 e. The summed E-state index contributed by atoms with van der Waals surface area (Å²) in [5, 5.41) is 2.86. The molecule has 104 valence electrons. The van der Waals surface area contributed by atoms with Crippen LogP contribution in [0.4, 0.5) is 14.5 Å². The second-order valence-electron chi connectivity index (χ2n) is 4.55. The van der Waals surface area contributed by atoms with E-state index in [1.807, 2.05) is 0 Å². The van der Waals surface area contributed by atoms with Gasteiger partial charge in [-0.3, -0.25) is 4.79 Å². The fourth-order valence-corrected chi connectivity index (χ4v) is 1.96. The van der Waals surface area contributed by atoms with E-state index in [1.54, 1.807) is 13.0 Å². The van der Waals surface area contributed by atoms with E-state index in [0.29, 0.717) is 11.3 Å². The van der Waals surface area contributed by atoms with E-state index in [4.69, 9.17) is 5.73 Å². The third kappa shape index (κ3) is 3.32. The molecule has 3 nitrogen and oxygen atoms in total. The van der Waals surface area contributed by atoms with E-state index in [-0.39, 0.29) is 0 Å². The number of anilines is 1. The van der Waals surface area contributed by atoms with Crippen molar-refractivity contribution in [2.45, 2.75) is 13.0 Å². The molecule has 3 N–H and O–H groups in total. The fourth-order valence-electron chi connectivity index (χ4n) is 1.96. The Balaban J connectivity index is 2.30. The zero-order chi connectivity index (χ0) is 14.7. The topological polar surface area (TPSA) is 55.1 Å². The standard InChI is InChI=1S/C15H14F2N2O/c1-9-6-12(17)8-13(7-9)19-14(15(18)20)10-2-4-11(16)5-3-10/h2-8,14,19H,1H3,(H2,18,20). The van der Waals surface area contributed by atoms with Crippen molar-refractivity contribution in [3.63, 3.8) is 0 Å². The molecule has 1 amide bonds. The minimum absolute atomic E-state index is 0.404. The number of nitrogens with two attached hydrogens (primary N) is 1. The molecule has 0 aliphatic rings. The third-order valence-corrected chi connectivity index (χ3v) is 2.84. The number of nitrogens with one attached hydrogen (secondary N) is 1. The van der Waals surface area contributed by atoms with Gasteiger partial charge in [-0.1, -0.05) is 12.1 Å². The van der Waals surface area contributed by atoms with Gasteiger partial charge in [-0.05, 0) is 48.4 Å². The number of amides is 1. The minimum atomic E-state index is -0.850. The van der Waals surface area contributed by atoms with Crippen molar-refractivity contribution in [3.8, 4) is 0 Å². The molecular weight excluding hydrogens is 262 g/mol. The lowest BCUT2D eigenvalue weighted by Crippen LogP contribution is -2.27. The Morgan fingerprint density at radius 1 is 1.10 bits per heavy atom. The lowest BCUT2D eigenvalue weighted by molar-refractivity contribution is -0.118. The van der Waals surface area contributed by atoms with Crippen LogP contribution in [0.2, 0.25) is 0 Å². The van der Waals surface area contributed by atoms with Crippen LogP contribution in [0.3, 0.4) is 0 Å². The molecule has 1 atom stereocenters. The van der Waals surface area contributed by atoms with Gasteiger partial charge < -0.3 is 11.1 Å². The summed E-state index contributed by atoms with van der Waals surface area (Å²) in [4.78, 5) is 11.5. The van der Waals surface area contributed by atoms with Crippen LogP contribution in [0.1, 0.15) is 17.2 Å². The molecular formula is C15H14F2N2O. The number of carbonyl (C=O) groups excluding carboxylic acids is 1. The molecule has 0 saturated heterocycles. The first kappa shape index (κ1) is 14.0. The molecule has 0 bridgehead atoms.